The predicted octanol–water partition coefficient (Wildman–Crippen LogP) is 2.33. The number of nitrogens with zero attached hydrogens (tertiary/aromatic N) is 2. The van der Waals surface area contributed by atoms with Gasteiger partial charge in [-0.25, -0.2) is 4.98 Å². The van der Waals surface area contributed by atoms with E-state index < -0.39 is 0 Å². The van der Waals surface area contributed by atoms with Crippen LogP contribution < -0.4 is 5.73 Å². The maximum absolute atomic E-state index is 5.76. The molecule has 0 amide bonds. The number of nitrogens with one attached hydrogen (secondary N) is 1. The number of nitrogen functional groups attached to an aromatic ring is 1. The van der Waals surface area contributed by atoms with Crippen molar-refractivity contribution in [1.29, 1.82) is 0 Å². The van der Waals surface area contributed by atoms with Crippen LogP contribution in [0.25, 0.3) is 11.0 Å². The summed E-state index contributed by atoms with van der Waals surface area (Å²) in [6.45, 7) is 3.06. The average Bonchev–Trinajstić information content (AvgIpc) is 2.70. The highest BCUT2D eigenvalue weighted by Crippen LogP contribution is 2.16. The fourth-order valence-electron chi connectivity index (χ4n) is 1.92. The van der Waals surface area contributed by atoms with Gasteiger partial charge in [-0.15, -0.1) is 0 Å². The van der Waals surface area contributed by atoms with Crippen LogP contribution in [0.2, 0.25) is 0 Å². The standard InChI is InChI=1S/C13H20N4S/c1-9(8-18-3)17(2)7-13-15-11-5-4-10(14)6-12(11)16-13/h4-6,9H,7-8,14H2,1-3H3,(H,15,16). The minimum absolute atomic E-state index is 0.540. The van der Waals surface area contributed by atoms with Crippen LogP contribution in [0.4, 0.5) is 5.69 Å². The lowest BCUT2D eigenvalue weighted by atomic mass is 10.3. The normalized spacial score (nSPS) is 13.3. The Bertz CT molecular complexity index is 523. The Morgan fingerprint density at radius 3 is 3.00 bits per heavy atom. The van der Waals surface area contributed by atoms with E-state index in [1.54, 1.807) is 0 Å². The van der Waals surface area contributed by atoms with Gasteiger partial charge in [0.05, 0.1) is 17.6 Å². The molecule has 1 aromatic heterocycles. The third kappa shape index (κ3) is 2.97. The monoisotopic (exact) mass is 264 g/mol. The van der Waals surface area contributed by atoms with Gasteiger partial charge >= 0.3 is 0 Å². The maximum Gasteiger partial charge on any atom is 0.121 e. The molecule has 3 N–H and O–H groups in total. The van der Waals surface area contributed by atoms with Gasteiger partial charge in [0, 0.05) is 17.5 Å². The molecule has 0 spiro atoms. The fourth-order valence-corrected chi connectivity index (χ4v) is 2.65. The highest BCUT2D eigenvalue weighted by molar-refractivity contribution is 7.98. The zero-order valence-electron chi connectivity index (χ0n) is 11.1. The minimum Gasteiger partial charge on any atom is -0.399 e. The molecule has 4 nitrogen and oxygen atoms in total. The molecule has 2 aromatic rings. The van der Waals surface area contributed by atoms with Gasteiger partial charge in [-0.05, 0) is 38.4 Å². The molecule has 18 heavy (non-hydrogen) atoms. The molecule has 0 aliphatic carbocycles. The summed E-state index contributed by atoms with van der Waals surface area (Å²) < 4.78 is 0. The lowest BCUT2D eigenvalue weighted by Gasteiger charge is -2.22. The number of aromatic nitrogens is 2. The van der Waals surface area contributed by atoms with Crippen LogP contribution in [-0.4, -0.2) is 40.0 Å². The maximum atomic E-state index is 5.76. The number of nitrogens with two attached hydrogens (primary N) is 1. The molecule has 0 bridgehead atoms. The number of hydrogen-bond donors (Lipinski definition) is 2. The number of fused-ring (bicyclic) bond motifs is 1. The Labute approximate surface area is 112 Å². The van der Waals surface area contributed by atoms with Gasteiger partial charge in [0.15, 0.2) is 0 Å². The van der Waals surface area contributed by atoms with Gasteiger partial charge in [0.25, 0.3) is 0 Å². The Hall–Kier alpha value is -1.20. The lowest BCUT2D eigenvalue weighted by Crippen LogP contribution is -2.30. The zero-order chi connectivity index (χ0) is 13.1. The van der Waals surface area contributed by atoms with Crippen LogP contribution in [0, 0.1) is 0 Å². The third-order valence-corrected chi connectivity index (χ3v) is 3.93. The number of benzene rings is 1. The van der Waals surface area contributed by atoms with Crippen LogP contribution in [0.3, 0.4) is 0 Å². The van der Waals surface area contributed by atoms with Crippen LogP contribution in [-0.2, 0) is 6.54 Å². The van der Waals surface area contributed by atoms with Crippen molar-refractivity contribution >= 4 is 28.5 Å². The second kappa shape index (κ2) is 5.63. The molecular weight excluding hydrogens is 244 g/mol. The van der Waals surface area contributed by atoms with E-state index in [0.29, 0.717) is 6.04 Å². The number of H-pyrrole nitrogens is 1. The molecule has 1 heterocycles. The summed E-state index contributed by atoms with van der Waals surface area (Å²) in [7, 11) is 2.13. The highest BCUT2D eigenvalue weighted by Gasteiger charge is 2.11. The number of thioether (sulfide) groups is 1. The second-order valence-corrected chi connectivity index (χ2v) is 5.59. The van der Waals surface area contributed by atoms with Crippen molar-refractivity contribution in [2.24, 2.45) is 0 Å². The molecular formula is C13H20N4S. The minimum atomic E-state index is 0.540. The van der Waals surface area contributed by atoms with Gasteiger partial charge in [0.1, 0.15) is 5.82 Å². The molecule has 0 aliphatic rings. The van der Waals surface area contributed by atoms with E-state index in [2.05, 4.69) is 35.1 Å². The average molecular weight is 264 g/mol. The number of rotatable bonds is 5. The van der Waals surface area contributed by atoms with Crippen molar-refractivity contribution in [3.05, 3.63) is 24.0 Å². The lowest BCUT2D eigenvalue weighted by molar-refractivity contribution is 0.264. The first-order valence-corrected chi connectivity index (χ1v) is 7.43. The van der Waals surface area contributed by atoms with Gasteiger partial charge in [-0.2, -0.15) is 11.8 Å². The Balaban J connectivity index is 2.12. The van der Waals surface area contributed by atoms with E-state index in [1.807, 2.05) is 30.0 Å². The van der Waals surface area contributed by atoms with E-state index in [1.165, 1.54) is 0 Å². The summed E-state index contributed by atoms with van der Waals surface area (Å²) in [6, 6.07) is 6.30. The number of hydrogen-bond acceptors (Lipinski definition) is 4. The number of aromatic amines is 1. The van der Waals surface area contributed by atoms with Crippen molar-refractivity contribution < 1.29 is 0 Å². The third-order valence-electron chi connectivity index (χ3n) is 3.11. The smallest absolute Gasteiger partial charge is 0.121 e. The molecule has 0 saturated heterocycles. The van der Waals surface area contributed by atoms with Crippen molar-refractivity contribution in [3.63, 3.8) is 0 Å². The van der Waals surface area contributed by atoms with Gasteiger partial charge in [0.2, 0.25) is 0 Å². The second-order valence-electron chi connectivity index (χ2n) is 4.68. The summed E-state index contributed by atoms with van der Waals surface area (Å²) in [4.78, 5) is 10.2. The number of anilines is 1. The molecule has 1 atom stereocenters. The molecule has 5 heteroatoms. The first-order chi connectivity index (χ1) is 8.60. The van der Waals surface area contributed by atoms with Crippen molar-refractivity contribution in [2.45, 2.75) is 19.5 Å². The molecule has 0 aliphatic heterocycles. The predicted molar refractivity (Wildman–Crippen MR) is 79.8 cm³/mol. The van der Waals surface area contributed by atoms with Crippen molar-refractivity contribution in [2.75, 3.05) is 24.8 Å². The van der Waals surface area contributed by atoms with Crippen LogP contribution in [0.1, 0.15) is 12.7 Å². The summed E-state index contributed by atoms with van der Waals surface area (Å²) >= 11 is 1.87. The Morgan fingerprint density at radius 2 is 2.28 bits per heavy atom. The Morgan fingerprint density at radius 1 is 1.50 bits per heavy atom. The van der Waals surface area contributed by atoms with E-state index >= 15 is 0 Å². The Kier molecular flexibility index (Phi) is 4.14. The van der Waals surface area contributed by atoms with Crippen LogP contribution in [0.15, 0.2) is 18.2 Å². The summed E-state index contributed by atoms with van der Waals surface area (Å²) in [5.74, 6) is 2.12. The molecule has 0 saturated carbocycles. The summed E-state index contributed by atoms with van der Waals surface area (Å²) in [5, 5.41) is 0. The van der Waals surface area contributed by atoms with Crippen LogP contribution >= 0.6 is 11.8 Å². The molecule has 98 valence electrons. The largest absolute Gasteiger partial charge is 0.399 e. The zero-order valence-corrected chi connectivity index (χ0v) is 11.9. The molecule has 0 radical (unpaired) electrons. The first kappa shape index (κ1) is 13.2. The first-order valence-electron chi connectivity index (χ1n) is 6.03. The van der Waals surface area contributed by atoms with E-state index in [-0.39, 0.29) is 0 Å². The van der Waals surface area contributed by atoms with E-state index in [9.17, 15) is 0 Å². The van der Waals surface area contributed by atoms with Gasteiger partial charge in [-0.3, -0.25) is 4.90 Å². The van der Waals surface area contributed by atoms with Crippen LogP contribution in [0.5, 0.6) is 0 Å². The quantitative estimate of drug-likeness (QED) is 0.814. The molecule has 1 aromatic carbocycles. The number of imidazole rings is 1. The van der Waals surface area contributed by atoms with Crippen molar-refractivity contribution in [3.8, 4) is 0 Å². The fraction of sp³-hybridized carbons (Fsp3) is 0.462. The van der Waals surface area contributed by atoms with E-state index in [0.717, 1.165) is 34.8 Å². The SMILES string of the molecule is CSCC(C)N(C)Cc1nc2ccc(N)cc2[nH]1. The molecule has 1 unspecified atom stereocenters. The molecule has 2 rings (SSSR count). The van der Waals surface area contributed by atoms with E-state index in [4.69, 9.17) is 5.73 Å². The summed E-state index contributed by atoms with van der Waals surface area (Å²) in [5.41, 5.74) is 8.51. The molecule has 0 fully saturated rings. The van der Waals surface area contributed by atoms with Gasteiger partial charge < -0.3 is 10.7 Å². The highest BCUT2D eigenvalue weighted by atomic mass is 32.2. The summed E-state index contributed by atoms with van der Waals surface area (Å²) in [6.07, 6.45) is 2.13. The topological polar surface area (TPSA) is 57.9 Å². The van der Waals surface area contributed by atoms with Gasteiger partial charge in [-0.1, -0.05) is 0 Å². The van der Waals surface area contributed by atoms with Crippen molar-refractivity contribution in [1.82, 2.24) is 14.9 Å².